The number of halogens is 1. The minimum Gasteiger partial charge on any atom is -0.495 e. The summed E-state index contributed by atoms with van der Waals surface area (Å²) < 4.78 is 37.7. The van der Waals surface area contributed by atoms with Crippen molar-refractivity contribution in [2.75, 3.05) is 38.7 Å². The van der Waals surface area contributed by atoms with Crippen LogP contribution in [0.3, 0.4) is 0 Å². The fraction of sp³-hybridized carbons (Fsp3) is 0.500. The third kappa shape index (κ3) is 3.30. The minimum atomic E-state index is -3.71. The first-order chi connectivity index (χ1) is 11.0. The maximum absolute atomic E-state index is 12.9. The number of carbonyl (C=O) groups is 1. The zero-order chi connectivity index (χ0) is 16.6. The maximum atomic E-state index is 12.9. The molecule has 2 heterocycles. The Morgan fingerprint density at radius 1 is 1.46 bits per heavy atom. The first kappa shape index (κ1) is 18.8. The number of fused-ring (bicyclic) bond motifs is 1. The molecule has 8 nitrogen and oxygen atoms in total. The lowest BCUT2D eigenvalue weighted by Crippen LogP contribution is -2.31. The molecule has 10 heteroatoms. The van der Waals surface area contributed by atoms with E-state index in [0.29, 0.717) is 31.1 Å². The molecule has 24 heavy (non-hydrogen) atoms. The van der Waals surface area contributed by atoms with E-state index < -0.39 is 10.0 Å². The molecule has 2 aliphatic heterocycles. The molecular weight excluding hydrogens is 358 g/mol. The molecule has 0 aromatic heterocycles. The van der Waals surface area contributed by atoms with E-state index in [2.05, 4.69) is 5.32 Å². The number of rotatable bonds is 4. The van der Waals surface area contributed by atoms with E-state index in [4.69, 9.17) is 15.2 Å². The van der Waals surface area contributed by atoms with Gasteiger partial charge in [0.05, 0.1) is 12.8 Å². The molecule has 1 unspecified atom stereocenters. The summed E-state index contributed by atoms with van der Waals surface area (Å²) in [7, 11) is -2.32. The molecule has 2 aliphatic rings. The normalized spacial score (nSPS) is 20.6. The number of nitrogens with zero attached hydrogens (tertiary/aromatic N) is 1. The summed E-state index contributed by atoms with van der Waals surface area (Å²) in [4.78, 5) is 11.4. The molecule has 0 spiro atoms. The maximum Gasteiger partial charge on any atom is 0.262 e. The van der Waals surface area contributed by atoms with E-state index in [1.807, 2.05) is 0 Å². The number of hydrogen-bond acceptors (Lipinski definition) is 6. The molecule has 134 valence electrons. The summed E-state index contributed by atoms with van der Waals surface area (Å²) in [6, 6.07) is 2.87. The minimum absolute atomic E-state index is 0. The zero-order valence-corrected chi connectivity index (χ0v) is 14.8. The molecule has 1 saturated heterocycles. The number of sulfonamides is 1. The van der Waals surface area contributed by atoms with E-state index >= 15 is 0 Å². The summed E-state index contributed by atoms with van der Waals surface area (Å²) in [5.74, 6) is 0.369. The predicted octanol–water partition coefficient (Wildman–Crippen LogP) is 0.417. The quantitative estimate of drug-likeness (QED) is 0.786. The van der Waals surface area contributed by atoms with Crippen molar-refractivity contribution in [1.29, 1.82) is 0 Å². The van der Waals surface area contributed by atoms with Crippen LogP contribution in [-0.4, -0.2) is 52.0 Å². The molecule has 1 aromatic rings. The third-order valence-corrected chi connectivity index (χ3v) is 5.98. The number of ether oxygens (including phenoxy) is 2. The first-order valence-electron chi connectivity index (χ1n) is 7.30. The smallest absolute Gasteiger partial charge is 0.262 e. The van der Waals surface area contributed by atoms with Crippen LogP contribution >= 0.6 is 12.4 Å². The number of nitrogens with one attached hydrogen (secondary N) is 1. The van der Waals surface area contributed by atoms with Crippen LogP contribution in [0.5, 0.6) is 11.5 Å². The van der Waals surface area contributed by atoms with Crippen LogP contribution in [0.15, 0.2) is 17.0 Å². The van der Waals surface area contributed by atoms with Gasteiger partial charge in [0.25, 0.3) is 5.91 Å². The Balaban J connectivity index is 0.00000208. The Morgan fingerprint density at radius 3 is 2.83 bits per heavy atom. The SMILES string of the molecule is COc1cc2c(cc1S(=O)(=O)N1CCC(CN)C1)OCC(=O)N2.Cl. The number of benzene rings is 1. The zero-order valence-electron chi connectivity index (χ0n) is 13.1. The van der Waals surface area contributed by atoms with Crippen LogP contribution in [0.1, 0.15) is 6.42 Å². The van der Waals surface area contributed by atoms with Gasteiger partial charge in [-0.15, -0.1) is 12.4 Å². The summed E-state index contributed by atoms with van der Waals surface area (Å²) in [5.41, 5.74) is 6.03. The van der Waals surface area contributed by atoms with Gasteiger partial charge in [-0.25, -0.2) is 8.42 Å². The Kier molecular flexibility index (Phi) is 5.59. The van der Waals surface area contributed by atoms with Crippen molar-refractivity contribution in [1.82, 2.24) is 4.31 Å². The molecule has 3 N–H and O–H groups in total. The fourth-order valence-corrected chi connectivity index (χ4v) is 4.48. The average molecular weight is 378 g/mol. The number of nitrogens with two attached hydrogens (primary N) is 1. The van der Waals surface area contributed by atoms with E-state index in [0.717, 1.165) is 6.42 Å². The Hall–Kier alpha value is -1.55. The van der Waals surface area contributed by atoms with Gasteiger partial charge in [0, 0.05) is 25.2 Å². The van der Waals surface area contributed by atoms with Crippen molar-refractivity contribution >= 4 is 34.0 Å². The second-order valence-corrected chi connectivity index (χ2v) is 7.50. The highest BCUT2D eigenvalue weighted by atomic mass is 35.5. The van der Waals surface area contributed by atoms with Gasteiger partial charge < -0.3 is 20.5 Å². The second kappa shape index (κ2) is 7.14. The predicted molar refractivity (Wildman–Crippen MR) is 90.3 cm³/mol. The van der Waals surface area contributed by atoms with Gasteiger partial charge in [-0.1, -0.05) is 0 Å². The summed E-state index contributed by atoms with van der Waals surface area (Å²) >= 11 is 0. The summed E-state index contributed by atoms with van der Waals surface area (Å²) in [6.07, 6.45) is 0.746. The Morgan fingerprint density at radius 2 is 2.21 bits per heavy atom. The van der Waals surface area contributed by atoms with Crippen molar-refractivity contribution in [3.8, 4) is 11.5 Å². The molecule has 0 bridgehead atoms. The van der Waals surface area contributed by atoms with Crippen molar-refractivity contribution < 1.29 is 22.7 Å². The highest BCUT2D eigenvalue weighted by Crippen LogP contribution is 2.39. The Labute approximate surface area is 146 Å². The molecule has 1 atom stereocenters. The van der Waals surface area contributed by atoms with E-state index in [1.54, 1.807) is 0 Å². The van der Waals surface area contributed by atoms with Crippen LogP contribution < -0.4 is 20.5 Å². The molecule has 0 saturated carbocycles. The van der Waals surface area contributed by atoms with Crippen molar-refractivity contribution in [2.24, 2.45) is 11.7 Å². The summed E-state index contributed by atoms with van der Waals surface area (Å²) in [5, 5.41) is 2.63. The molecular formula is C14H20ClN3O5S. The van der Waals surface area contributed by atoms with E-state index in [9.17, 15) is 13.2 Å². The molecule has 3 rings (SSSR count). The average Bonchev–Trinajstić information content (AvgIpc) is 3.03. The van der Waals surface area contributed by atoms with E-state index in [1.165, 1.54) is 23.5 Å². The molecule has 1 aromatic carbocycles. The topological polar surface area (TPSA) is 111 Å². The van der Waals surface area contributed by atoms with Gasteiger partial charge in [0.1, 0.15) is 16.4 Å². The van der Waals surface area contributed by atoms with Gasteiger partial charge in [0.15, 0.2) is 6.61 Å². The van der Waals surface area contributed by atoms with Gasteiger partial charge in [-0.2, -0.15) is 4.31 Å². The van der Waals surface area contributed by atoms with Gasteiger partial charge in [0.2, 0.25) is 10.0 Å². The number of hydrogen-bond donors (Lipinski definition) is 2. The highest BCUT2D eigenvalue weighted by Gasteiger charge is 2.35. The first-order valence-corrected chi connectivity index (χ1v) is 8.74. The third-order valence-electron chi connectivity index (χ3n) is 4.10. The van der Waals surface area contributed by atoms with Crippen LogP contribution in [0, 0.1) is 5.92 Å². The monoisotopic (exact) mass is 377 g/mol. The summed E-state index contributed by atoms with van der Waals surface area (Å²) in [6.45, 7) is 1.15. The molecule has 0 aliphatic carbocycles. The standard InChI is InChI=1S/C14H19N3O5S.ClH/c1-21-12-4-10-11(22-8-14(18)16-10)5-13(12)23(19,20)17-3-2-9(6-15)7-17;/h4-5,9H,2-3,6-8,15H2,1H3,(H,16,18);1H. The lowest BCUT2D eigenvalue weighted by atomic mass is 10.1. The number of amides is 1. The highest BCUT2D eigenvalue weighted by molar-refractivity contribution is 7.89. The van der Waals surface area contributed by atoms with Crippen LogP contribution in [-0.2, 0) is 14.8 Å². The van der Waals surface area contributed by atoms with Crippen LogP contribution in [0.25, 0.3) is 0 Å². The second-order valence-electron chi connectivity index (χ2n) is 5.59. The van der Waals surface area contributed by atoms with Crippen LogP contribution in [0.2, 0.25) is 0 Å². The Bertz CT molecular complexity index is 740. The molecule has 0 radical (unpaired) electrons. The van der Waals surface area contributed by atoms with Gasteiger partial charge in [-0.3, -0.25) is 4.79 Å². The number of carbonyl (C=O) groups excluding carboxylic acids is 1. The van der Waals surface area contributed by atoms with Crippen LogP contribution in [0.4, 0.5) is 5.69 Å². The largest absolute Gasteiger partial charge is 0.495 e. The molecule has 1 amide bonds. The number of methoxy groups -OCH3 is 1. The van der Waals surface area contributed by atoms with Crippen molar-refractivity contribution in [2.45, 2.75) is 11.3 Å². The van der Waals surface area contributed by atoms with Gasteiger partial charge >= 0.3 is 0 Å². The fourth-order valence-electron chi connectivity index (χ4n) is 2.80. The van der Waals surface area contributed by atoms with Gasteiger partial charge in [-0.05, 0) is 18.9 Å². The van der Waals surface area contributed by atoms with Crippen molar-refractivity contribution in [3.05, 3.63) is 12.1 Å². The lowest BCUT2D eigenvalue weighted by Gasteiger charge is -2.22. The molecule has 1 fully saturated rings. The lowest BCUT2D eigenvalue weighted by molar-refractivity contribution is -0.118. The number of anilines is 1. The van der Waals surface area contributed by atoms with E-state index in [-0.39, 0.29) is 41.5 Å². The van der Waals surface area contributed by atoms with Crippen molar-refractivity contribution in [3.63, 3.8) is 0 Å².